The van der Waals surface area contributed by atoms with Gasteiger partial charge < -0.3 is 5.32 Å². The molecule has 0 aliphatic carbocycles. The van der Waals surface area contributed by atoms with Crippen LogP contribution in [0.3, 0.4) is 0 Å². The van der Waals surface area contributed by atoms with Crippen LogP contribution in [0.4, 0.5) is 10.9 Å². The van der Waals surface area contributed by atoms with Crippen molar-refractivity contribution in [3.05, 3.63) is 63.5 Å². The normalized spacial score (nSPS) is 15.6. The molecule has 1 saturated heterocycles. The first-order chi connectivity index (χ1) is 14.0. The average molecular weight is 428 g/mol. The van der Waals surface area contributed by atoms with Crippen molar-refractivity contribution in [3.8, 4) is 0 Å². The summed E-state index contributed by atoms with van der Waals surface area (Å²) in [5.41, 5.74) is 3.23. The number of rotatable bonds is 6. The van der Waals surface area contributed by atoms with Crippen molar-refractivity contribution in [1.82, 2.24) is 19.9 Å². The number of hydrogen-bond donors (Lipinski definition) is 1. The van der Waals surface area contributed by atoms with Gasteiger partial charge in [-0.25, -0.2) is 15.0 Å². The summed E-state index contributed by atoms with van der Waals surface area (Å²) in [5, 5.41) is 4.84. The summed E-state index contributed by atoms with van der Waals surface area (Å²) in [4.78, 5) is 17.2. The van der Waals surface area contributed by atoms with Crippen LogP contribution in [0.2, 0.25) is 5.15 Å². The number of halogens is 1. The molecule has 152 valence electrons. The van der Waals surface area contributed by atoms with Gasteiger partial charge in [0.2, 0.25) is 0 Å². The molecule has 0 bridgehead atoms. The van der Waals surface area contributed by atoms with Crippen LogP contribution in [0, 0.1) is 19.8 Å². The molecule has 1 fully saturated rings. The van der Waals surface area contributed by atoms with Gasteiger partial charge in [-0.1, -0.05) is 23.7 Å². The third kappa shape index (κ3) is 5.53. The molecular weight excluding hydrogens is 402 g/mol. The summed E-state index contributed by atoms with van der Waals surface area (Å²) in [5.74, 6) is 1.54. The second-order valence-corrected chi connectivity index (χ2v) is 9.33. The highest BCUT2D eigenvalue weighted by molar-refractivity contribution is 7.15. The van der Waals surface area contributed by atoms with Crippen molar-refractivity contribution in [2.45, 2.75) is 39.7 Å². The van der Waals surface area contributed by atoms with Gasteiger partial charge in [0.05, 0.1) is 0 Å². The van der Waals surface area contributed by atoms with E-state index in [1.165, 1.54) is 17.7 Å². The number of aryl methyl sites for hydroxylation is 2. The lowest BCUT2D eigenvalue weighted by molar-refractivity contribution is 0.176. The van der Waals surface area contributed by atoms with Gasteiger partial charge >= 0.3 is 0 Å². The van der Waals surface area contributed by atoms with E-state index in [9.17, 15) is 0 Å². The summed E-state index contributed by atoms with van der Waals surface area (Å²) < 4.78 is 0. The molecule has 0 saturated carbocycles. The van der Waals surface area contributed by atoms with Crippen LogP contribution in [-0.4, -0.2) is 32.9 Å². The van der Waals surface area contributed by atoms with Crippen LogP contribution < -0.4 is 5.32 Å². The number of anilines is 2. The maximum atomic E-state index is 6.30. The van der Waals surface area contributed by atoms with Gasteiger partial charge in [-0.05, 0) is 70.3 Å². The van der Waals surface area contributed by atoms with Crippen LogP contribution >= 0.6 is 22.9 Å². The maximum absolute atomic E-state index is 6.30. The lowest BCUT2D eigenvalue weighted by atomic mass is 9.92. The van der Waals surface area contributed by atoms with E-state index in [1.807, 2.05) is 25.3 Å². The molecular formula is C22H26ClN5S. The number of thiazole rings is 1. The first kappa shape index (κ1) is 20.3. The fraction of sp³-hybridized carbons (Fsp3) is 0.409. The summed E-state index contributed by atoms with van der Waals surface area (Å²) in [7, 11) is 0. The molecule has 0 spiro atoms. The lowest BCUT2D eigenvalue weighted by Gasteiger charge is -2.32. The first-order valence-electron chi connectivity index (χ1n) is 10.0. The van der Waals surface area contributed by atoms with Crippen molar-refractivity contribution >= 4 is 33.9 Å². The molecule has 0 aromatic carbocycles. The Kier molecular flexibility index (Phi) is 6.43. The molecule has 3 aromatic heterocycles. The fourth-order valence-corrected chi connectivity index (χ4v) is 4.67. The number of hydrogen-bond acceptors (Lipinski definition) is 6. The zero-order valence-corrected chi connectivity index (χ0v) is 18.4. The van der Waals surface area contributed by atoms with Gasteiger partial charge in [-0.3, -0.25) is 4.90 Å². The number of pyridine rings is 2. The summed E-state index contributed by atoms with van der Waals surface area (Å²) >= 11 is 7.95. The summed E-state index contributed by atoms with van der Waals surface area (Å²) in [6.07, 6.45) is 5.27. The van der Waals surface area contributed by atoms with E-state index < -0.39 is 0 Å². The average Bonchev–Trinajstić information content (AvgIpc) is 3.10. The van der Waals surface area contributed by atoms with E-state index in [0.29, 0.717) is 11.1 Å². The van der Waals surface area contributed by atoms with Gasteiger partial charge in [-0.2, -0.15) is 0 Å². The minimum absolute atomic E-state index is 0.635. The number of likely N-dealkylation sites (tertiary alicyclic amines) is 1. The third-order valence-corrected chi connectivity index (χ3v) is 6.48. The molecule has 3 aromatic rings. The van der Waals surface area contributed by atoms with E-state index in [4.69, 9.17) is 16.6 Å². The maximum Gasteiger partial charge on any atom is 0.188 e. The highest BCUT2D eigenvalue weighted by Crippen LogP contribution is 2.25. The Morgan fingerprint density at radius 2 is 1.97 bits per heavy atom. The molecule has 5 nitrogen and oxygen atoms in total. The Morgan fingerprint density at radius 3 is 2.69 bits per heavy atom. The number of piperidine rings is 1. The van der Waals surface area contributed by atoms with E-state index in [0.717, 1.165) is 54.0 Å². The van der Waals surface area contributed by atoms with Crippen molar-refractivity contribution in [2.75, 3.05) is 18.4 Å². The van der Waals surface area contributed by atoms with Crippen LogP contribution in [0.15, 0.2) is 36.5 Å². The third-order valence-electron chi connectivity index (χ3n) is 5.33. The predicted molar refractivity (Wildman–Crippen MR) is 120 cm³/mol. The Labute approximate surface area is 181 Å². The molecule has 0 atom stereocenters. The second kappa shape index (κ2) is 9.20. The summed E-state index contributed by atoms with van der Waals surface area (Å²) in [6.45, 7) is 7.08. The van der Waals surface area contributed by atoms with Crippen LogP contribution in [0.1, 0.15) is 34.7 Å². The van der Waals surface area contributed by atoms with Gasteiger partial charge in [0, 0.05) is 34.6 Å². The van der Waals surface area contributed by atoms with Gasteiger partial charge in [-0.15, -0.1) is 11.3 Å². The van der Waals surface area contributed by atoms with E-state index in [-0.39, 0.29) is 0 Å². The van der Waals surface area contributed by atoms with Gasteiger partial charge in [0.25, 0.3) is 0 Å². The smallest absolute Gasteiger partial charge is 0.188 e. The lowest BCUT2D eigenvalue weighted by Crippen LogP contribution is -2.34. The largest absolute Gasteiger partial charge is 0.316 e. The number of aromatic nitrogens is 3. The topological polar surface area (TPSA) is 53.9 Å². The van der Waals surface area contributed by atoms with E-state index in [1.54, 1.807) is 11.3 Å². The minimum Gasteiger partial charge on any atom is -0.316 e. The Hall–Kier alpha value is -2.02. The number of nitrogens with one attached hydrogen (secondary N) is 1. The standard InChI is InChI=1S/C22H26ClN5S/c1-15-6-7-18(21(23)25-15)14-28-10-8-17(9-11-28)12-19-4-3-5-20(26-19)27-22-24-13-16(2)29-22/h3-7,13,17H,8-12,14H2,1-2H3,(H,24,26,27). The first-order valence-corrected chi connectivity index (χ1v) is 11.2. The molecule has 4 heterocycles. The molecule has 7 heteroatoms. The Bertz CT molecular complexity index is 965. The predicted octanol–water partition coefficient (Wildman–Crippen LogP) is 5.40. The van der Waals surface area contributed by atoms with Gasteiger partial charge in [0.15, 0.2) is 5.13 Å². The fourth-order valence-electron chi connectivity index (χ4n) is 3.74. The minimum atomic E-state index is 0.635. The SMILES string of the molecule is Cc1ccc(CN2CCC(Cc3cccc(Nc4ncc(C)s4)n3)CC2)c(Cl)n1. The van der Waals surface area contributed by atoms with E-state index >= 15 is 0 Å². The van der Waals surface area contributed by atoms with Crippen molar-refractivity contribution in [3.63, 3.8) is 0 Å². The molecule has 0 unspecified atom stereocenters. The van der Waals surface area contributed by atoms with Crippen LogP contribution in [0.25, 0.3) is 0 Å². The van der Waals surface area contributed by atoms with Crippen LogP contribution in [-0.2, 0) is 13.0 Å². The molecule has 4 rings (SSSR count). The highest BCUT2D eigenvalue weighted by Gasteiger charge is 2.21. The quantitative estimate of drug-likeness (QED) is 0.533. The Balaban J connectivity index is 1.30. The zero-order valence-electron chi connectivity index (χ0n) is 16.9. The molecule has 1 N–H and O–H groups in total. The molecule has 1 aliphatic rings. The monoisotopic (exact) mass is 427 g/mol. The van der Waals surface area contributed by atoms with Crippen LogP contribution in [0.5, 0.6) is 0 Å². The van der Waals surface area contributed by atoms with E-state index in [2.05, 4.69) is 45.3 Å². The Morgan fingerprint density at radius 1 is 1.14 bits per heavy atom. The van der Waals surface area contributed by atoms with Crippen molar-refractivity contribution < 1.29 is 0 Å². The molecule has 0 radical (unpaired) electrons. The molecule has 0 amide bonds. The van der Waals surface area contributed by atoms with Crippen molar-refractivity contribution in [2.24, 2.45) is 5.92 Å². The molecule has 29 heavy (non-hydrogen) atoms. The van der Waals surface area contributed by atoms with Gasteiger partial charge in [0.1, 0.15) is 11.0 Å². The highest BCUT2D eigenvalue weighted by atomic mass is 35.5. The zero-order chi connectivity index (χ0) is 20.2. The molecule has 1 aliphatic heterocycles. The van der Waals surface area contributed by atoms with Crippen molar-refractivity contribution in [1.29, 1.82) is 0 Å². The number of nitrogens with zero attached hydrogens (tertiary/aromatic N) is 4. The second-order valence-electron chi connectivity index (χ2n) is 7.74. The summed E-state index contributed by atoms with van der Waals surface area (Å²) in [6, 6.07) is 10.3.